The van der Waals surface area contributed by atoms with Crippen LogP contribution in [-0.4, -0.2) is 72.2 Å². The maximum absolute atomic E-state index is 12.6. The predicted molar refractivity (Wildman–Crippen MR) is 109 cm³/mol. The Hall–Kier alpha value is -2.62. The maximum atomic E-state index is 12.6. The summed E-state index contributed by atoms with van der Waals surface area (Å²) in [5.41, 5.74) is 1.35. The summed E-state index contributed by atoms with van der Waals surface area (Å²) in [7, 11) is 1.86. The second kappa shape index (κ2) is 11.3. The van der Waals surface area contributed by atoms with Crippen molar-refractivity contribution in [3.05, 3.63) is 35.9 Å². The van der Waals surface area contributed by atoms with Crippen LogP contribution in [0.25, 0.3) is 0 Å². The van der Waals surface area contributed by atoms with E-state index >= 15 is 0 Å². The molecule has 3 rings (SSSR count). The first-order chi connectivity index (χ1) is 15.0. The third-order valence-corrected chi connectivity index (χ3v) is 5.80. The number of piperidine rings is 1. The van der Waals surface area contributed by atoms with Crippen LogP contribution in [0.1, 0.15) is 25.3 Å². The number of aliphatic carboxylic acids is 1. The van der Waals surface area contributed by atoms with Crippen LogP contribution in [0.4, 0.5) is 13.2 Å². The molecule has 10 heteroatoms. The molecule has 2 atom stereocenters. The molecule has 0 spiro atoms. The Morgan fingerprint density at radius 2 is 1.75 bits per heavy atom. The van der Waals surface area contributed by atoms with Crippen molar-refractivity contribution >= 4 is 17.8 Å². The Labute approximate surface area is 185 Å². The van der Waals surface area contributed by atoms with Gasteiger partial charge in [0.25, 0.3) is 0 Å². The topological polar surface area (TPSA) is 87.2 Å². The minimum Gasteiger partial charge on any atom is -0.475 e. The van der Waals surface area contributed by atoms with E-state index in [0.717, 1.165) is 39.0 Å². The number of esters is 1. The van der Waals surface area contributed by atoms with Crippen LogP contribution in [0.2, 0.25) is 0 Å². The quantitative estimate of drug-likeness (QED) is 0.683. The van der Waals surface area contributed by atoms with E-state index in [4.69, 9.17) is 14.6 Å². The van der Waals surface area contributed by atoms with E-state index < -0.39 is 12.1 Å². The first-order valence-electron chi connectivity index (χ1n) is 10.5. The number of carbonyl (C=O) groups excluding carboxylic acids is 2. The van der Waals surface area contributed by atoms with Crippen LogP contribution in [0.15, 0.2) is 30.3 Å². The van der Waals surface area contributed by atoms with Crippen molar-refractivity contribution in [2.75, 3.05) is 33.3 Å². The Morgan fingerprint density at radius 1 is 1.19 bits per heavy atom. The highest BCUT2D eigenvalue weighted by atomic mass is 19.4. The number of halogens is 3. The van der Waals surface area contributed by atoms with Gasteiger partial charge in [0.1, 0.15) is 6.61 Å². The minimum atomic E-state index is -5.08. The zero-order valence-electron chi connectivity index (χ0n) is 18.2. The number of ether oxygens (including phenoxy) is 1. The molecule has 0 aromatic heterocycles. The molecular weight excluding hydrogens is 429 g/mol. The molecule has 2 heterocycles. The van der Waals surface area contributed by atoms with Crippen molar-refractivity contribution in [2.24, 2.45) is 17.8 Å². The highest BCUT2D eigenvalue weighted by Gasteiger charge is 2.40. The fourth-order valence-electron chi connectivity index (χ4n) is 3.83. The molecule has 0 aliphatic carbocycles. The number of hydrogen-bond donors (Lipinski definition) is 1. The minimum absolute atomic E-state index is 0.0464. The molecule has 2 aliphatic rings. The number of carboxylic acid groups (broad SMARTS) is 1. The average molecular weight is 458 g/mol. The van der Waals surface area contributed by atoms with Gasteiger partial charge in [0.15, 0.2) is 0 Å². The fourth-order valence-corrected chi connectivity index (χ4v) is 3.83. The molecule has 1 amide bonds. The van der Waals surface area contributed by atoms with Gasteiger partial charge in [-0.05, 0) is 37.4 Å². The summed E-state index contributed by atoms with van der Waals surface area (Å²) >= 11 is 0. The molecule has 0 saturated carbocycles. The number of likely N-dealkylation sites (tertiary alicyclic amines) is 1. The Kier molecular flexibility index (Phi) is 9.06. The lowest BCUT2D eigenvalue weighted by Crippen LogP contribution is -2.42. The van der Waals surface area contributed by atoms with Crippen LogP contribution in [-0.2, 0) is 25.7 Å². The van der Waals surface area contributed by atoms with Gasteiger partial charge in [0, 0.05) is 20.1 Å². The molecule has 0 radical (unpaired) electrons. The SMILES string of the molecule is CC1C(=O)OCC1C(=O)N(C)CC1CCN(Cc2ccccc2)CC1.O=C(O)C(F)(F)F. The highest BCUT2D eigenvalue weighted by molar-refractivity contribution is 5.87. The number of hydrogen-bond acceptors (Lipinski definition) is 5. The summed E-state index contributed by atoms with van der Waals surface area (Å²) in [6.07, 6.45) is -2.86. The molecule has 178 valence electrons. The largest absolute Gasteiger partial charge is 0.490 e. The number of nitrogens with zero attached hydrogens (tertiary/aromatic N) is 2. The average Bonchev–Trinajstić information content (AvgIpc) is 3.08. The molecule has 7 nitrogen and oxygen atoms in total. The van der Waals surface area contributed by atoms with E-state index in [-0.39, 0.29) is 30.3 Å². The zero-order chi connectivity index (χ0) is 23.9. The molecule has 2 unspecified atom stereocenters. The van der Waals surface area contributed by atoms with Crippen LogP contribution >= 0.6 is 0 Å². The molecule has 2 fully saturated rings. The lowest BCUT2D eigenvalue weighted by Gasteiger charge is -2.34. The molecule has 2 saturated heterocycles. The van der Waals surface area contributed by atoms with Crippen LogP contribution in [0.3, 0.4) is 0 Å². The lowest BCUT2D eigenvalue weighted by molar-refractivity contribution is -0.192. The van der Waals surface area contributed by atoms with Gasteiger partial charge >= 0.3 is 18.1 Å². The molecular formula is C22H29F3N2O5. The van der Waals surface area contributed by atoms with Gasteiger partial charge < -0.3 is 14.7 Å². The summed E-state index contributed by atoms with van der Waals surface area (Å²) in [5.74, 6) is -3.05. The van der Waals surface area contributed by atoms with Gasteiger partial charge in [-0.2, -0.15) is 13.2 Å². The second-order valence-corrected chi connectivity index (χ2v) is 8.25. The summed E-state index contributed by atoms with van der Waals surface area (Å²) in [6.45, 7) is 5.94. The van der Waals surface area contributed by atoms with Crippen molar-refractivity contribution in [3.8, 4) is 0 Å². The molecule has 1 aromatic carbocycles. The summed E-state index contributed by atoms with van der Waals surface area (Å²) in [6, 6.07) is 10.6. The number of alkyl halides is 3. The molecule has 2 aliphatic heterocycles. The fraction of sp³-hybridized carbons (Fsp3) is 0.591. The normalized spacial score (nSPS) is 22.0. The van der Waals surface area contributed by atoms with E-state index in [9.17, 15) is 22.8 Å². The van der Waals surface area contributed by atoms with E-state index in [1.165, 1.54) is 5.56 Å². The van der Waals surface area contributed by atoms with Gasteiger partial charge in [-0.15, -0.1) is 0 Å². The maximum Gasteiger partial charge on any atom is 0.490 e. The van der Waals surface area contributed by atoms with Crippen molar-refractivity contribution in [1.29, 1.82) is 0 Å². The van der Waals surface area contributed by atoms with Crippen molar-refractivity contribution in [1.82, 2.24) is 9.80 Å². The van der Waals surface area contributed by atoms with Crippen LogP contribution in [0, 0.1) is 17.8 Å². The number of benzene rings is 1. The number of cyclic esters (lactones) is 1. The molecule has 1 N–H and O–H groups in total. The Morgan fingerprint density at radius 3 is 2.22 bits per heavy atom. The standard InChI is InChI=1S/C20H28N2O3.C2HF3O2/c1-15-18(14-25-20(15)24)19(23)21(2)12-17-8-10-22(11-9-17)13-16-6-4-3-5-7-16;3-2(4,5)1(6)7/h3-7,15,17-18H,8-14H2,1-2H3;(H,6,7). The molecule has 1 aromatic rings. The zero-order valence-corrected chi connectivity index (χ0v) is 18.2. The van der Waals surface area contributed by atoms with Gasteiger partial charge in [0.2, 0.25) is 5.91 Å². The molecule has 0 bridgehead atoms. The number of carbonyl (C=O) groups is 3. The molecule has 32 heavy (non-hydrogen) atoms. The van der Waals surface area contributed by atoms with E-state index in [0.29, 0.717) is 5.92 Å². The van der Waals surface area contributed by atoms with Crippen LogP contribution < -0.4 is 0 Å². The van der Waals surface area contributed by atoms with Crippen molar-refractivity contribution in [3.63, 3.8) is 0 Å². The van der Waals surface area contributed by atoms with Crippen molar-refractivity contribution in [2.45, 2.75) is 32.5 Å². The van der Waals surface area contributed by atoms with Crippen molar-refractivity contribution < 1.29 is 37.4 Å². The van der Waals surface area contributed by atoms with E-state index in [1.54, 1.807) is 11.8 Å². The van der Waals surface area contributed by atoms with E-state index in [2.05, 4.69) is 29.2 Å². The monoisotopic (exact) mass is 458 g/mol. The van der Waals surface area contributed by atoms with Gasteiger partial charge in [-0.25, -0.2) is 4.79 Å². The predicted octanol–water partition coefficient (Wildman–Crippen LogP) is 2.80. The number of carboxylic acids is 1. The van der Waals surface area contributed by atoms with Gasteiger partial charge in [-0.3, -0.25) is 14.5 Å². The lowest BCUT2D eigenvalue weighted by atomic mass is 9.93. The number of amides is 1. The highest BCUT2D eigenvalue weighted by Crippen LogP contribution is 2.25. The van der Waals surface area contributed by atoms with Crippen LogP contribution in [0.5, 0.6) is 0 Å². The Bertz CT molecular complexity index is 780. The first kappa shape index (κ1) is 25.6. The second-order valence-electron chi connectivity index (χ2n) is 8.25. The Balaban J connectivity index is 0.000000451. The summed E-state index contributed by atoms with van der Waals surface area (Å²) < 4.78 is 36.8. The summed E-state index contributed by atoms with van der Waals surface area (Å²) in [4.78, 5) is 37.2. The van der Waals surface area contributed by atoms with Gasteiger partial charge in [0.05, 0.1) is 11.8 Å². The third kappa shape index (κ3) is 7.51. The van der Waals surface area contributed by atoms with Gasteiger partial charge in [-0.1, -0.05) is 37.3 Å². The first-order valence-corrected chi connectivity index (χ1v) is 10.5. The third-order valence-electron chi connectivity index (χ3n) is 5.80. The summed E-state index contributed by atoms with van der Waals surface area (Å²) in [5, 5.41) is 7.12. The smallest absolute Gasteiger partial charge is 0.475 e. The number of rotatable bonds is 5. The van der Waals surface area contributed by atoms with E-state index in [1.807, 2.05) is 13.1 Å².